The Hall–Kier alpha value is -2.80. The molecule has 1 aromatic carbocycles. The van der Waals surface area contributed by atoms with Crippen molar-refractivity contribution in [3.63, 3.8) is 0 Å². The second-order valence-electron chi connectivity index (χ2n) is 6.45. The smallest absolute Gasteiger partial charge is 0.236 e. The topological polar surface area (TPSA) is 73.6 Å². The van der Waals surface area contributed by atoms with E-state index in [1.54, 1.807) is 17.4 Å². The van der Waals surface area contributed by atoms with Gasteiger partial charge in [-0.1, -0.05) is 11.2 Å². The third kappa shape index (κ3) is 2.55. The Balaban J connectivity index is 1.37. The van der Waals surface area contributed by atoms with Crippen LogP contribution in [0.4, 0.5) is 5.69 Å². The zero-order valence-electron chi connectivity index (χ0n) is 13.9. The average molecular weight is 368 g/mol. The van der Waals surface area contributed by atoms with Gasteiger partial charge >= 0.3 is 0 Å². The summed E-state index contributed by atoms with van der Waals surface area (Å²) in [4.78, 5) is 13.9. The first kappa shape index (κ1) is 15.5. The van der Waals surface area contributed by atoms with E-state index in [4.69, 9.17) is 14.0 Å². The average Bonchev–Trinajstić information content (AvgIpc) is 3.08. The van der Waals surface area contributed by atoms with Crippen molar-refractivity contribution >= 4 is 22.9 Å². The molecule has 3 heterocycles. The highest BCUT2D eigenvalue weighted by Crippen LogP contribution is 2.49. The molecule has 1 aliphatic carbocycles. The van der Waals surface area contributed by atoms with Crippen LogP contribution in [0.15, 0.2) is 46.3 Å². The van der Waals surface area contributed by atoms with Crippen LogP contribution in [0.2, 0.25) is 0 Å². The molecule has 2 aliphatic rings. The van der Waals surface area contributed by atoms with Gasteiger partial charge in [0.2, 0.25) is 5.91 Å². The summed E-state index contributed by atoms with van der Waals surface area (Å²) in [5, 5.41) is 9.13. The molecule has 6 nitrogen and oxygen atoms in total. The minimum absolute atomic E-state index is 0.0693. The summed E-state index contributed by atoms with van der Waals surface area (Å²) < 4.78 is 16.5. The molecule has 1 saturated carbocycles. The van der Waals surface area contributed by atoms with Gasteiger partial charge in [0, 0.05) is 17.8 Å². The van der Waals surface area contributed by atoms with Crippen molar-refractivity contribution < 1.29 is 18.8 Å². The van der Waals surface area contributed by atoms with Crippen molar-refractivity contribution in [1.82, 2.24) is 5.16 Å². The van der Waals surface area contributed by atoms with Crippen molar-refractivity contribution in [2.24, 2.45) is 0 Å². The number of thiophene rings is 1. The van der Waals surface area contributed by atoms with Gasteiger partial charge in [0.25, 0.3) is 0 Å². The Morgan fingerprint density at radius 3 is 2.73 bits per heavy atom. The number of carbonyl (C=O) groups excluding carboxylic acids is 1. The van der Waals surface area contributed by atoms with Crippen LogP contribution in [0, 0.1) is 0 Å². The number of rotatable bonds is 4. The zero-order chi connectivity index (χ0) is 17.6. The molecule has 7 heteroatoms. The van der Waals surface area contributed by atoms with Crippen LogP contribution in [-0.4, -0.2) is 24.3 Å². The maximum Gasteiger partial charge on any atom is 0.236 e. The Morgan fingerprint density at radius 1 is 1.12 bits per heavy atom. The molecule has 5 rings (SSSR count). The van der Waals surface area contributed by atoms with Gasteiger partial charge in [-0.2, -0.15) is 0 Å². The highest BCUT2D eigenvalue weighted by atomic mass is 32.1. The molecule has 0 spiro atoms. The Morgan fingerprint density at radius 2 is 1.96 bits per heavy atom. The van der Waals surface area contributed by atoms with Crippen LogP contribution in [-0.2, 0) is 10.2 Å². The number of aromatic nitrogens is 1. The normalized spacial score (nSPS) is 16.9. The highest BCUT2D eigenvalue weighted by molar-refractivity contribution is 7.13. The molecule has 0 radical (unpaired) electrons. The third-order valence-electron chi connectivity index (χ3n) is 4.75. The summed E-state index contributed by atoms with van der Waals surface area (Å²) in [6.07, 6.45) is 1.53. The number of anilines is 1. The zero-order valence-corrected chi connectivity index (χ0v) is 14.7. The molecular weight excluding hydrogens is 352 g/mol. The van der Waals surface area contributed by atoms with Gasteiger partial charge in [-0.25, -0.2) is 0 Å². The first-order chi connectivity index (χ1) is 12.7. The van der Waals surface area contributed by atoms with E-state index < -0.39 is 5.41 Å². The number of benzene rings is 1. The van der Waals surface area contributed by atoms with E-state index in [-0.39, 0.29) is 5.91 Å². The number of nitrogens with zero attached hydrogens (tertiary/aromatic N) is 1. The molecule has 1 amide bonds. The molecule has 1 N–H and O–H groups in total. The Bertz CT molecular complexity index is 960. The second kappa shape index (κ2) is 5.88. The van der Waals surface area contributed by atoms with Gasteiger partial charge in [0.15, 0.2) is 17.3 Å². The van der Waals surface area contributed by atoms with Crippen molar-refractivity contribution in [2.45, 2.75) is 18.3 Å². The van der Waals surface area contributed by atoms with Crippen LogP contribution in [0.5, 0.6) is 11.5 Å². The number of hydrogen-bond acceptors (Lipinski definition) is 6. The van der Waals surface area contributed by atoms with E-state index in [0.717, 1.165) is 17.7 Å². The SMILES string of the molecule is O=C(Nc1ccc2c(c1)OCCO2)C1(c2cc(-c3cccs3)on2)CC1. The Kier molecular flexibility index (Phi) is 3.49. The van der Waals surface area contributed by atoms with E-state index in [0.29, 0.717) is 41.9 Å². The minimum atomic E-state index is -0.605. The van der Waals surface area contributed by atoms with E-state index in [2.05, 4.69) is 10.5 Å². The molecule has 2 aromatic heterocycles. The van der Waals surface area contributed by atoms with Crippen LogP contribution in [0.1, 0.15) is 18.5 Å². The van der Waals surface area contributed by atoms with Crippen LogP contribution >= 0.6 is 11.3 Å². The number of amides is 1. The van der Waals surface area contributed by atoms with Gasteiger partial charge in [-0.3, -0.25) is 4.79 Å². The van der Waals surface area contributed by atoms with Gasteiger partial charge in [0.1, 0.15) is 13.2 Å². The lowest BCUT2D eigenvalue weighted by molar-refractivity contribution is -0.118. The largest absolute Gasteiger partial charge is 0.486 e. The number of hydrogen-bond donors (Lipinski definition) is 1. The number of nitrogens with one attached hydrogen (secondary N) is 1. The van der Waals surface area contributed by atoms with Gasteiger partial charge in [-0.05, 0) is 36.4 Å². The molecule has 3 aromatic rings. The summed E-state index contributed by atoms with van der Waals surface area (Å²) >= 11 is 1.58. The van der Waals surface area contributed by atoms with Gasteiger partial charge in [0.05, 0.1) is 16.0 Å². The fourth-order valence-corrected chi connectivity index (χ4v) is 3.81. The van der Waals surface area contributed by atoms with Gasteiger partial charge < -0.3 is 19.3 Å². The highest BCUT2D eigenvalue weighted by Gasteiger charge is 2.54. The van der Waals surface area contributed by atoms with E-state index in [9.17, 15) is 4.79 Å². The standard InChI is InChI=1S/C19H16N2O4S/c22-18(20-12-3-4-13-14(10-12)24-8-7-23-13)19(5-6-19)17-11-15(25-21-17)16-2-1-9-26-16/h1-4,9-11H,5-8H2,(H,20,22). The first-order valence-electron chi connectivity index (χ1n) is 8.47. The van der Waals surface area contributed by atoms with Crippen molar-refractivity contribution in [3.8, 4) is 22.1 Å². The maximum atomic E-state index is 12.9. The summed E-state index contributed by atoms with van der Waals surface area (Å²) in [7, 11) is 0. The number of ether oxygens (including phenoxy) is 2. The molecule has 0 atom stereocenters. The van der Waals surface area contributed by atoms with Crippen molar-refractivity contribution in [2.75, 3.05) is 18.5 Å². The summed E-state index contributed by atoms with van der Waals surface area (Å²) in [6, 6.07) is 11.2. The van der Waals surface area contributed by atoms with Gasteiger partial charge in [-0.15, -0.1) is 11.3 Å². The maximum absolute atomic E-state index is 12.9. The predicted molar refractivity (Wildman–Crippen MR) is 96.8 cm³/mol. The fourth-order valence-electron chi connectivity index (χ4n) is 3.13. The summed E-state index contributed by atoms with van der Waals surface area (Å²) in [6.45, 7) is 1.05. The minimum Gasteiger partial charge on any atom is -0.486 e. The van der Waals surface area contributed by atoms with Crippen LogP contribution in [0.25, 0.3) is 10.6 Å². The Labute approximate surface area is 153 Å². The quantitative estimate of drug-likeness (QED) is 0.757. The number of carbonyl (C=O) groups is 1. The molecule has 0 unspecified atom stereocenters. The van der Waals surface area contributed by atoms with Crippen molar-refractivity contribution in [1.29, 1.82) is 0 Å². The number of fused-ring (bicyclic) bond motifs is 1. The first-order valence-corrected chi connectivity index (χ1v) is 9.35. The fraction of sp³-hybridized carbons (Fsp3) is 0.263. The van der Waals surface area contributed by atoms with E-state index >= 15 is 0 Å². The van der Waals surface area contributed by atoms with E-state index in [1.165, 1.54) is 0 Å². The van der Waals surface area contributed by atoms with Crippen LogP contribution in [0.3, 0.4) is 0 Å². The predicted octanol–water partition coefficient (Wildman–Crippen LogP) is 3.84. The molecule has 0 saturated heterocycles. The molecule has 26 heavy (non-hydrogen) atoms. The molecule has 1 fully saturated rings. The summed E-state index contributed by atoms with van der Waals surface area (Å²) in [5.41, 5.74) is 0.773. The monoisotopic (exact) mass is 368 g/mol. The molecule has 0 bridgehead atoms. The molecule has 1 aliphatic heterocycles. The molecule has 132 valence electrons. The summed E-state index contributed by atoms with van der Waals surface area (Å²) in [5.74, 6) is 1.99. The van der Waals surface area contributed by atoms with Crippen LogP contribution < -0.4 is 14.8 Å². The second-order valence-corrected chi connectivity index (χ2v) is 7.40. The lowest BCUT2D eigenvalue weighted by Crippen LogP contribution is -2.28. The van der Waals surface area contributed by atoms with E-state index in [1.807, 2.05) is 35.7 Å². The van der Waals surface area contributed by atoms with Crippen molar-refractivity contribution in [3.05, 3.63) is 47.5 Å². The lowest BCUT2D eigenvalue weighted by Gasteiger charge is -2.19. The molecular formula is C19H16N2O4S. The lowest BCUT2D eigenvalue weighted by atomic mass is 10.0. The third-order valence-corrected chi connectivity index (χ3v) is 5.63.